The molecule has 0 bridgehead atoms. The Morgan fingerprint density at radius 3 is 2.57 bits per heavy atom. The first-order valence-corrected chi connectivity index (χ1v) is 9.82. The minimum atomic E-state index is 0. The largest absolute Gasteiger partial charge is 0.368 e. The predicted octanol–water partition coefficient (Wildman–Crippen LogP) is 3.15. The lowest BCUT2D eigenvalue weighted by atomic mass is 10.1. The van der Waals surface area contributed by atoms with Crippen molar-refractivity contribution in [1.29, 1.82) is 0 Å². The first kappa shape index (κ1) is 22.5. The molecule has 1 N–H and O–H groups in total. The van der Waals surface area contributed by atoms with E-state index in [4.69, 9.17) is 0 Å². The topological polar surface area (TPSA) is 48.7 Å². The first-order valence-electron chi connectivity index (χ1n) is 9.82. The molecule has 28 heavy (non-hydrogen) atoms. The third-order valence-corrected chi connectivity index (χ3v) is 5.37. The molecule has 1 aliphatic rings. The van der Waals surface area contributed by atoms with Gasteiger partial charge in [0.1, 0.15) is 0 Å². The second-order valence-corrected chi connectivity index (χ2v) is 7.45. The summed E-state index contributed by atoms with van der Waals surface area (Å²) in [6, 6.07) is 8.55. The number of guanidine groups is 1. The molecule has 2 aromatic rings. The molecule has 3 rings (SSSR count). The van der Waals surface area contributed by atoms with E-state index in [1.54, 1.807) is 0 Å². The van der Waals surface area contributed by atoms with Crippen LogP contribution in [0.25, 0.3) is 0 Å². The van der Waals surface area contributed by atoms with Gasteiger partial charge >= 0.3 is 0 Å². The molecule has 1 aromatic carbocycles. The van der Waals surface area contributed by atoms with Crippen LogP contribution in [-0.4, -0.2) is 60.4 Å². The Hall–Kier alpha value is -1.77. The maximum Gasteiger partial charge on any atom is 0.193 e. The van der Waals surface area contributed by atoms with Gasteiger partial charge in [0.25, 0.3) is 0 Å². The molecular formula is C21H33IN6. The van der Waals surface area contributed by atoms with Crippen molar-refractivity contribution in [3.05, 3.63) is 47.8 Å². The van der Waals surface area contributed by atoms with Crippen molar-refractivity contribution in [2.24, 2.45) is 10.9 Å². The van der Waals surface area contributed by atoms with Crippen molar-refractivity contribution < 1.29 is 0 Å². The number of benzene rings is 1. The highest BCUT2D eigenvalue weighted by Gasteiger charge is 2.21. The Balaban J connectivity index is 0.00000280. The number of rotatable bonds is 5. The Morgan fingerprint density at radius 1 is 1.18 bits per heavy atom. The molecule has 1 aliphatic heterocycles. The Labute approximate surface area is 186 Å². The fraction of sp³-hybridized carbons (Fsp3) is 0.524. The summed E-state index contributed by atoms with van der Waals surface area (Å²) < 4.78 is 1.98. The van der Waals surface area contributed by atoms with Crippen molar-refractivity contribution in [3.8, 4) is 0 Å². The average molecular weight is 496 g/mol. The van der Waals surface area contributed by atoms with Gasteiger partial charge in [0.15, 0.2) is 5.96 Å². The molecule has 1 fully saturated rings. The standard InChI is InChI=1S/C21H32N6.HI/c1-17(16-27-10-6-9-24-27)15-23-21(22-4)26-13-11-25(12-14-26)20-8-5-7-18(2)19(20)3;/h5-10,17H,11-16H2,1-4H3,(H,22,23);1H. The molecule has 0 spiro atoms. The van der Waals surface area contributed by atoms with Crippen LogP contribution in [0, 0.1) is 19.8 Å². The molecule has 1 atom stereocenters. The second kappa shape index (κ2) is 10.7. The number of piperazine rings is 1. The van der Waals surface area contributed by atoms with Crippen molar-refractivity contribution in [2.75, 3.05) is 44.7 Å². The van der Waals surface area contributed by atoms with Gasteiger partial charge in [-0.15, -0.1) is 24.0 Å². The summed E-state index contributed by atoms with van der Waals surface area (Å²) in [5, 5.41) is 7.83. The van der Waals surface area contributed by atoms with Crippen molar-refractivity contribution >= 4 is 35.6 Å². The van der Waals surface area contributed by atoms with Gasteiger partial charge < -0.3 is 15.1 Å². The lowest BCUT2D eigenvalue weighted by Gasteiger charge is -2.38. The molecule has 1 saturated heterocycles. The van der Waals surface area contributed by atoms with Crippen LogP contribution in [0.15, 0.2) is 41.7 Å². The lowest BCUT2D eigenvalue weighted by Crippen LogP contribution is -2.53. The average Bonchev–Trinajstić information content (AvgIpc) is 3.18. The maximum atomic E-state index is 4.50. The number of aromatic nitrogens is 2. The zero-order chi connectivity index (χ0) is 19.2. The minimum Gasteiger partial charge on any atom is -0.368 e. The highest BCUT2D eigenvalue weighted by molar-refractivity contribution is 14.0. The molecule has 1 aromatic heterocycles. The number of nitrogens with one attached hydrogen (secondary N) is 1. The molecule has 0 radical (unpaired) electrons. The fourth-order valence-corrected chi connectivity index (χ4v) is 3.63. The van der Waals surface area contributed by atoms with Crippen LogP contribution in [0.4, 0.5) is 5.69 Å². The molecule has 0 amide bonds. The highest BCUT2D eigenvalue weighted by Crippen LogP contribution is 2.23. The first-order chi connectivity index (χ1) is 13.1. The van der Waals surface area contributed by atoms with E-state index in [-0.39, 0.29) is 24.0 Å². The zero-order valence-corrected chi connectivity index (χ0v) is 19.8. The highest BCUT2D eigenvalue weighted by atomic mass is 127. The molecule has 2 heterocycles. The molecular weight excluding hydrogens is 463 g/mol. The predicted molar refractivity (Wildman–Crippen MR) is 128 cm³/mol. The van der Waals surface area contributed by atoms with Crippen molar-refractivity contribution in [2.45, 2.75) is 27.3 Å². The van der Waals surface area contributed by atoms with Crippen LogP contribution >= 0.6 is 24.0 Å². The summed E-state index contributed by atoms with van der Waals surface area (Å²) in [6.07, 6.45) is 3.84. The van der Waals surface area contributed by atoms with Crippen LogP contribution in [0.2, 0.25) is 0 Å². The van der Waals surface area contributed by atoms with Crippen molar-refractivity contribution in [1.82, 2.24) is 20.0 Å². The molecule has 0 aliphatic carbocycles. The van der Waals surface area contributed by atoms with E-state index in [0.29, 0.717) is 5.92 Å². The van der Waals surface area contributed by atoms with Crippen LogP contribution < -0.4 is 10.2 Å². The number of halogens is 1. The number of nitrogens with zero attached hydrogens (tertiary/aromatic N) is 5. The van der Waals surface area contributed by atoms with Gasteiger partial charge in [-0.05, 0) is 43.0 Å². The van der Waals surface area contributed by atoms with E-state index < -0.39 is 0 Å². The SMILES string of the molecule is CN=C(NCC(C)Cn1cccn1)N1CCN(c2cccc(C)c2C)CC1.I. The van der Waals surface area contributed by atoms with Gasteiger partial charge in [-0.25, -0.2) is 0 Å². The summed E-state index contributed by atoms with van der Waals surface area (Å²) in [5.74, 6) is 1.49. The van der Waals surface area contributed by atoms with E-state index in [0.717, 1.165) is 45.2 Å². The zero-order valence-electron chi connectivity index (χ0n) is 17.4. The van der Waals surface area contributed by atoms with Crippen molar-refractivity contribution in [3.63, 3.8) is 0 Å². The smallest absolute Gasteiger partial charge is 0.193 e. The van der Waals surface area contributed by atoms with Gasteiger partial charge in [0.05, 0.1) is 0 Å². The van der Waals surface area contributed by atoms with E-state index in [1.165, 1.54) is 16.8 Å². The van der Waals surface area contributed by atoms with Gasteiger partial charge in [-0.3, -0.25) is 9.67 Å². The number of aliphatic imine (C=N–C) groups is 1. The molecule has 6 nitrogen and oxygen atoms in total. The monoisotopic (exact) mass is 496 g/mol. The van der Waals surface area contributed by atoms with Crippen LogP contribution in [0.5, 0.6) is 0 Å². The summed E-state index contributed by atoms with van der Waals surface area (Å²) in [4.78, 5) is 9.36. The fourth-order valence-electron chi connectivity index (χ4n) is 3.63. The van der Waals surface area contributed by atoms with Gasteiger partial charge in [-0.1, -0.05) is 19.1 Å². The Morgan fingerprint density at radius 2 is 1.93 bits per heavy atom. The molecule has 0 saturated carbocycles. The Bertz CT molecular complexity index is 750. The summed E-state index contributed by atoms with van der Waals surface area (Å²) in [7, 11) is 1.87. The minimum absolute atomic E-state index is 0. The Kier molecular flexibility index (Phi) is 8.59. The van der Waals surface area contributed by atoms with E-state index >= 15 is 0 Å². The van der Waals surface area contributed by atoms with Crippen LogP contribution in [0.3, 0.4) is 0 Å². The van der Waals surface area contributed by atoms with Crippen LogP contribution in [-0.2, 0) is 6.54 Å². The lowest BCUT2D eigenvalue weighted by molar-refractivity contribution is 0.364. The van der Waals surface area contributed by atoms with Gasteiger partial charge in [0.2, 0.25) is 0 Å². The summed E-state index contributed by atoms with van der Waals surface area (Å²) >= 11 is 0. The van der Waals surface area contributed by atoms with E-state index in [9.17, 15) is 0 Å². The maximum absolute atomic E-state index is 4.50. The number of anilines is 1. The third kappa shape index (κ3) is 5.62. The second-order valence-electron chi connectivity index (χ2n) is 7.45. The number of aryl methyl sites for hydroxylation is 1. The normalized spacial score (nSPS) is 15.9. The third-order valence-electron chi connectivity index (χ3n) is 5.37. The van der Waals surface area contributed by atoms with Crippen LogP contribution in [0.1, 0.15) is 18.1 Å². The summed E-state index contributed by atoms with van der Waals surface area (Å²) in [5.41, 5.74) is 4.12. The quantitative estimate of drug-likeness (QED) is 0.393. The van der Waals surface area contributed by atoms with E-state index in [1.807, 2.05) is 30.2 Å². The summed E-state index contributed by atoms with van der Waals surface area (Å²) in [6.45, 7) is 12.5. The molecule has 1 unspecified atom stereocenters. The van der Waals surface area contributed by atoms with Gasteiger partial charge in [-0.2, -0.15) is 5.10 Å². The molecule has 7 heteroatoms. The number of hydrogen-bond acceptors (Lipinski definition) is 3. The van der Waals surface area contributed by atoms with E-state index in [2.05, 4.69) is 64.2 Å². The molecule has 154 valence electrons. The van der Waals surface area contributed by atoms with Gasteiger partial charge in [0, 0.05) is 64.4 Å². The number of hydrogen-bond donors (Lipinski definition) is 1.